The van der Waals surface area contributed by atoms with Crippen LogP contribution in [-0.2, 0) is 0 Å². The molecule has 0 saturated carbocycles. The summed E-state index contributed by atoms with van der Waals surface area (Å²) >= 11 is 0. The maximum Gasteiger partial charge on any atom is 0.260 e. The van der Waals surface area contributed by atoms with E-state index in [1.54, 1.807) is 0 Å². The van der Waals surface area contributed by atoms with Crippen molar-refractivity contribution in [1.82, 2.24) is 22.9 Å². The summed E-state index contributed by atoms with van der Waals surface area (Å²) in [6.45, 7) is -0.117. The molecule has 0 aliphatic carbocycles. The van der Waals surface area contributed by atoms with Crippen LogP contribution in [-0.4, -0.2) is 29.6 Å². The van der Waals surface area contributed by atoms with Crippen LogP contribution < -0.4 is 25.9 Å². The van der Waals surface area contributed by atoms with E-state index in [0.29, 0.717) is 0 Å². The first-order valence-electron chi connectivity index (χ1n) is 17.9. The highest BCUT2D eigenvalue weighted by atomic mass is 16.5. The molecule has 0 radical (unpaired) electrons. The molecule has 0 atom stereocenters. The van der Waals surface area contributed by atoms with Crippen molar-refractivity contribution in [2.45, 2.75) is 0 Å². The molecule has 246 valence electrons. The highest BCUT2D eigenvalue weighted by molar-refractivity contribution is 6.98. The van der Waals surface area contributed by atoms with Crippen LogP contribution in [0.15, 0.2) is 158 Å². The molecule has 0 saturated heterocycles. The number of hydrogen-bond acceptors (Lipinski definition) is 3. The monoisotopic (exact) mass is 679 g/mol. The van der Waals surface area contributed by atoms with Gasteiger partial charge in [0.2, 0.25) is 5.78 Å². The van der Waals surface area contributed by atoms with Gasteiger partial charge in [-0.05, 0) is 108 Å². The van der Waals surface area contributed by atoms with Gasteiger partial charge in [0.15, 0.2) is 0 Å². The van der Waals surface area contributed by atoms with E-state index in [0.717, 1.165) is 89.8 Å². The van der Waals surface area contributed by atoms with Crippen molar-refractivity contribution < 1.29 is 9.47 Å². The van der Waals surface area contributed by atoms with Crippen molar-refractivity contribution in [2.24, 2.45) is 0 Å². The Labute approximate surface area is 302 Å². The zero-order valence-electron chi connectivity index (χ0n) is 28.1. The lowest BCUT2D eigenvalue weighted by Gasteiger charge is -2.33. The minimum atomic E-state index is -0.117. The van der Waals surface area contributed by atoms with Gasteiger partial charge in [-0.2, -0.15) is 0 Å². The van der Waals surface area contributed by atoms with E-state index in [2.05, 4.69) is 164 Å². The minimum Gasteiger partial charge on any atom is -0.458 e. The topological polar surface area (TPSA) is 50.0 Å². The Bertz CT molecular complexity index is 3160. The van der Waals surface area contributed by atoms with Crippen LogP contribution in [0, 0.1) is 0 Å². The summed E-state index contributed by atoms with van der Waals surface area (Å²) in [5, 5.41) is 1.21. The van der Waals surface area contributed by atoms with E-state index in [4.69, 9.17) is 14.5 Å². The number of aromatic nitrogens is 5. The summed E-state index contributed by atoms with van der Waals surface area (Å²) in [4.78, 5) is 5.15. The second-order valence-electron chi connectivity index (χ2n) is 14.0. The van der Waals surface area contributed by atoms with Crippen molar-refractivity contribution in [1.29, 1.82) is 0 Å². The van der Waals surface area contributed by atoms with Gasteiger partial charge in [-0.15, -0.1) is 0 Å². The molecule has 0 spiro atoms. The Morgan fingerprint density at radius 1 is 0.434 bits per heavy atom. The van der Waals surface area contributed by atoms with Gasteiger partial charge in [-0.1, -0.05) is 60.7 Å². The first-order chi connectivity index (χ1) is 26.3. The van der Waals surface area contributed by atoms with Gasteiger partial charge in [0.25, 0.3) is 6.71 Å². The van der Waals surface area contributed by atoms with Gasteiger partial charge < -0.3 is 9.47 Å². The first kappa shape index (κ1) is 27.5. The molecule has 53 heavy (non-hydrogen) atoms. The molecule has 11 aromatic rings. The third kappa shape index (κ3) is 3.52. The Hall–Kier alpha value is -7.19. The molecular weight excluding hydrogens is 653 g/mol. The largest absolute Gasteiger partial charge is 0.458 e. The molecule has 0 bridgehead atoms. The fraction of sp³-hybridized carbons (Fsp3) is 0. The van der Waals surface area contributed by atoms with E-state index in [1.807, 2.05) is 12.1 Å². The lowest BCUT2D eigenvalue weighted by molar-refractivity contribution is 0.464. The van der Waals surface area contributed by atoms with E-state index in [9.17, 15) is 0 Å². The highest BCUT2D eigenvalue weighted by Gasteiger charge is 2.40. The highest BCUT2D eigenvalue weighted by Crippen LogP contribution is 2.38. The van der Waals surface area contributed by atoms with Gasteiger partial charge in [-0.25, -0.2) is 4.98 Å². The fourth-order valence-electron chi connectivity index (χ4n) is 9.09. The van der Waals surface area contributed by atoms with Crippen LogP contribution in [0.1, 0.15) is 0 Å². The molecule has 13 rings (SSSR count). The molecule has 6 heterocycles. The van der Waals surface area contributed by atoms with Crippen molar-refractivity contribution in [3.63, 3.8) is 0 Å². The van der Waals surface area contributed by atoms with Crippen molar-refractivity contribution >= 4 is 78.5 Å². The summed E-state index contributed by atoms with van der Waals surface area (Å²) in [6.07, 6.45) is 0. The summed E-state index contributed by atoms with van der Waals surface area (Å²) in [5.41, 5.74) is 14.2. The number of rotatable bonds is 2. The van der Waals surface area contributed by atoms with Crippen LogP contribution in [0.4, 0.5) is 0 Å². The van der Waals surface area contributed by atoms with Crippen molar-refractivity contribution in [2.75, 3.05) is 0 Å². The molecule has 2 aliphatic rings. The molecule has 0 unspecified atom stereocenters. The maximum atomic E-state index is 6.67. The average molecular weight is 680 g/mol. The van der Waals surface area contributed by atoms with Crippen molar-refractivity contribution in [3.05, 3.63) is 158 Å². The lowest BCUT2D eigenvalue weighted by atomic mass is 9.35. The van der Waals surface area contributed by atoms with Gasteiger partial charge >= 0.3 is 0 Å². The summed E-state index contributed by atoms with van der Waals surface area (Å²) in [7, 11) is 0. The Morgan fingerprint density at radius 2 is 1.00 bits per heavy atom. The molecule has 2 aliphatic heterocycles. The SMILES string of the molecule is c1cc2c3c(c1)Oc1ccc(-n4c5ccccc5n5c6ccccc6nc45)cc1B3c1cc(-n3c4ccccc4n4c5ccccc5cc34)ccc1O2. The third-order valence-corrected chi connectivity index (χ3v) is 11.3. The smallest absolute Gasteiger partial charge is 0.260 e. The number of nitrogens with zero attached hydrogens (tertiary/aromatic N) is 5. The van der Waals surface area contributed by atoms with Crippen LogP contribution in [0.5, 0.6) is 23.0 Å². The first-order valence-corrected chi connectivity index (χ1v) is 17.9. The predicted octanol–water partition coefficient (Wildman–Crippen LogP) is 8.51. The average Bonchev–Trinajstić information content (AvgIpc) is 3.94. The van der Waals surface area contributed by atoms with E-state index in [1.165, 1.54) is 16.4 Å². The maximum absolute atomic E-state index is 6.67. The second-order valence-corrected chi connectivity index (χ2v) is 14.0. The van der Waals surface area contributed by atoms with E-state index >= 15 is 0 Å². The van der Waals surface area contributed by atoms with Crippen LogP contribution in [0.2, 0.25) is 0 Å². The number of imidazole rings is 3. The van der Waals surface area contributed by atoms with Crippen molar-refractivity contribution in [3.8, 4) is 34.4 Å². The van der Waals surface area contributed by atoms with Gasteiger partial charge in [-0.3, -0.25) is 17.9 Å². The fourth-order valence-corrected chi connectivity index (χ4v) is 9.09. The van der Waals surface area contributed by atoms with Crippen LogP contribution in [0.25, 0.3) is 66.8 Å². The van der Waals surface area contributed by atoms with Gasteiger partial charge in [0.05, 0.1) is 38.6 Å². The minimum absolute atomic E-state index is 0.117. The van der Waals surface area contributed by atoms with Crippen LogP contribution >= 0.6 is 0 Å². The molecule has 0 N–H and O–H groups in total. The molecule has 0 amide bonds. The lowest BCUT2D eigenvalue weighted by Crippen LogP contribution is -2.57. The predicted molar refractivity (Wildman–Crippen MR) is 213 cm³/mol. The zero-order valence-corrected chi connectivity index (χ0v) is 28.1. The quantitative estimate of drug-likeness (QED) is 0.172. The van der Waals surface area contributed by atoms with Gasteiger partial charge in [0.1, 0.15) is 28.6 Å². The van der Waals surface area contributed by atoms with Gasteiger partial charge in [0, 0.05) is 22.2 Å². The number of para-hydroxylation sites is 7. The molecule has 8 heteroatoms. The standard InChI is InChI=1S/C45H26BN5O2/c1-3-12-33-27(10-1)24-43-48(35-14-5-7-16-37(35)50(33)43)28-20-22-39-30(25-28)46-31-26-29(21-23-40(31)53-42-19-9-18-41(52-39)44(42)46)49-36-15-6-8-17-38(36)51-34-13-4-2-11-32(34)47-45(49)51/h1-26H. The molecule has 7 nitrogen and oxygen atoms in total. The summed E-state index contributed by atoms with van der Waals surface area (Å²) in [6, 6.07) is 55.7. The normalized spacial score (nSPS) is 13.2. The molecule has 7 aromatic carbocycles. The summed E-state index contributed by atoms with van der Waals surface area (Å²) < 4.78 is 22.6. The molecular formula is C45H26BN5O2. The number of fused-ring (bicyclic) bond motifs is 14. The Balaban J connectivity index is 1.06. The molecule has 0 fully saturated rings. The van der Waals surface area contributed by atoms with E-state index in [-0.39, 0.29) is 6.71 Å². The number of hydrogen-bond donors (Lipinski definition) is 0. The Kier molecular flexibility index (Phi) is 5.08. The van der Waals surface area contributed by atoms with E-state index < -0.39 is 0 Å². The van der Waals surface area contributed by atoms with Crippen LogP contribution in [0.3, 0.4) is 0 Å². The second kappa shape index (κ2) is 9.78. The summed E-state index contributed by atoms with van der Waals surface area (Å²) in [5.74, 6) is 4.22. The Morgan fingerprint density at radius 3 is 1.72 bits per heavy atom. The zero-order chi connectivity index (χ0) is 34.4. The number of ether oxygens (including phenoxy) is 2. The third-order valence-electron chi connectivity index (χ3n) is 11.3. The number of benzene rings is 7. The molecule has 4 aromatic heterocycles.